The maximum Gasteiger partial charge on any atom is 0.434 e. The quantitative estimate of drug-likeness (QED) is 0.495. The van der Waals surface area contributed by atoms with Crippen LogP contribution in [0.2, 0.25) is 0 Å². The summed E-state index contributed by atoms with van der Waals surface area (Å²) >= 11 is 0.302. The van der Waals surface area contributed by atoms with Crippen LogP contribution in [0.3, 0.4) is 0 Å². The van der Waals surface area contributed by atoms with Crippen LogP contribution in [-0.2, 0) is 6.18 Å². The molecular weight excluding hydrogens is 468 g/mol. The van der Waals surface area contributed by atoms with Gasteiger partial charge in [-0.15, -0.1) is 11.3 Å². The zero-order chi connectivity index (χ0) is 18.2. The number of hydrogen-bond donors (Lipinski definition) is 0. The minimum atomic E-state index is -4.47. The molecule has 0 aliphatic carbocycles. The highest BCUT2D eigenvalue weighted by atomic mass is 127. The zero-order valence-corrected chi connectivity index (χ0v) is 16.1. The number of hydrogen-bond acceptors (Lipinski definition) is 5. The fourth-order valence-corrected chi connectivity index (χ4v) is 4.50. The molecular formula is C16H12F3IN2O2S. The molecule has 9 heteroatoms. The van der Waals surface area contributed by atoms with E-state index in [0.717, 1.165) is 25.7 Å². The van der Waals surface area contributed by atoms with Crippen molar-refractivity contribution in [3.8, 4) is 22.2 Å². The summed E-state index contributed by atoms with van der Waals surface area (Å²) < 4.78 is 54.0. The van der Waals surface area contributed by atoms with E-state index in [-0.39, 0.29) is 5.01 Å². The number of pyridine rings is 1. The largest absolute Gasteiger partial charge is 0.497 e. The number of fused-ring (bicyclic) bond motifs is 1. The molecule has 0 unspecified atom stereocenters. The molecule has 0 amide bonds. The smallest absolute Gasteiger partial charge is 0.434 e. The van der Waals surface area contributed by atoms with Crippen molar-refractivity contribution >= 4 is 47.5 Å². The third-order valence-electron chi connectivity index (χ3n) is 3.41. The number of methoxy groups -OCH3 is 2. The molecule has 0 saturated carbocycles. The first-order chi connectivity index (χ1) is 11.9. The van der Waals surface area contributed by atoms with Crippen LogP contribution in [0.1, 0.15) is 5.69 Å². The molecule has 1 aromatic carbocycles. The lowest BCUT2D eigenvalue weighted by atomic mass is 10.1. The standard InChI is InChI=1S/C16H12F3IN2O2S/c1-20-9-6-11(15-22-13(7-25-15)16(17,18)19)21-10-4-8(23-2)5-12(24-3)14(9)10/h4-7H,1H2,2-3H3. The second-order valence-electron chi connectivity index (χ2n) is 4.88. The summed E-state index contributed by atoms with van der Waals surface area (Å²) in [4.78, 5) is 8.16. The van der Waals surface area contributed by atoms with Crippen molar-refractivity contribution in [3.63, 3.8) is 0 Å². The van der Waals surface area contributed by atoms with Gasteiger partial charge in [0.1, 0.15) is 22.2 Å². The molecule has 25 heavy (non-hydrogen) atoms. The van der Waals surface area contributed by atoms with E-state index in [9.17, 15) is 13.2 Å². The maximum absolute atomic E-state index is 12.8. The lowest BCUT2D eigenvalue weighted by Gasteiger charge is -2.11. The fourth-order valence-electron chi connectivity index (χ4n) is 2.27. The first kappa shape index (κ1) is 18.1. The Balaban J connectivity index is 2.24. The number of nitrogens with zero attached hydrogens (tertiary/aromatic N) is 2. The Labute approximate surface area is 155 Å². The summed E-state index contributed by atoms with van der Waals surface area (Å²) in [5.41, 5.74) is 0.0564. The average molecular weight is 480 g/mol. The van der Waals surface area contributed by atoms with E-state index in [1.165, 1.54) is 7.11 Å². The Morgan fingerprint density at radius 2 is 1.88 bits per heavy atom. The van der Waals surface area contributed by atoms with Gasteiger partial charge in [0.2, 0.25) is 0 Å². The molecule has 3 rings (SSSR count). The van der Waals surface area contributed by atoms with Gasteiger partial charge in [0, 0.05) is 21.1 Å². The lowest BCUT2D eigenvalue weighted by molar-refractivity contribution is -0.140. The molecule has 4 nitrogen and oxygen atoms in total. The predicted molar refractivity (Wildman–Crippen MR) is 101 cm³/mol. The van der Waals surface area contributed by atoms with Gasteiger partial charge in [-0.3, -0.25) is 0 Å². The summed E-state index contributed by atoms with van der Waals surface area (Å²) in [5.74, 6) is 1.15. The highest BCUT2D eigenvalue weighted by Crippen LogP contribution is 2.38. The molecule has 0 saturated heterocycles. The summed E-state index contributed by atoms with van der Waals surface area (Å²) in [6.07, 6.45) is -4.47. The van der Waals surface area contributed by atoms with Gasteiger partial charge in [-0.25, -0.2) is 9.97 Å². The van der Waals surface area contributed by atoms with Crippen LogP contribution < -0.4 is 9.47 Å². The van der Waals surface area contributed by atoms with Gasteiger partial charge in [-0.1, -0.05) is 25.2 Å². The summed E-state index contributed by atoms with van der Waals surface area (Å²) in [5, 5.41) is 2.02. The zero-order valence-electron chi connectivity index (χ0n) is 13.1. The Morgan fingerprint density at radius 3 is 2.44 bits per heavy atom. The first-order valence-corrected chi connectivity index (χ1v) is 10.3. The van der Waals surface area contributed by atoms with Crippen LogP contribution in [0.5, 0.6) is 11.5 Å². The molecule has 0 atom stereocenters. The molecule has 3 aromatic rings. The van der Waals surface area contributed by atoms with Gasteiger partial charge in [-0.2, -0.15) is 13.2 Å². The Hall–Kier alpha value is -1.75. The Bertz CT molecular complexity index is 956. The summed E-state index contributed by atoms with van der Waals surface area (Å²) in [7, 11) is 3.07. The van der Waals surface area contributed by atoms with E-state index >= 15 is 0 Å². The fraction of sp³-hybridized carbons (Fsp3) is 0.188. The van der Waals surface area contributed by atoms with Crippen LogP contribution in [0.15, 0.2) is 23.6 Å². The van der Waals surface area contributed by atoms with Gasteiger partial charge in [0.05, 0.1) is 25.1 Å². The van der Waals surface area contributed by atoms with Gasteiger partial charge >= 0.3 is 6.18 Å². The van der Waals surface area contributed by atoms with E-state index in [4.69, 9.17) is 9.47 Å². The third kappa shape index (κ3) is 3.47. The number of thiazole rings is 1. The SMILES string of the molecule is C=Ic1cc(-c2nc(C(F)(F)F)cs2)nc2cc(OC)cc(OC)c12. The monoisotopic (exact) mass is 480 g/mol. The lowest BCUT2D eigenvalue weighted by Crippen LogP contribution is -2.05. The van der Waals surface area contributed by atoms with E-state index < -0.39 is 32.6 Å². The molecule has 132 valence electrons. The minimum absolute atomic E-state index is 0.217. The predicted octanol–water partition coefficient (Wildman–Crippen LogP) is 4.97. The van der Waals surface area contributed by atoms with Crippen molar-refractivity contribution < 1.29 is 22.6 Å². The minimum Gasteiger partial charge on any atom is -0.497 e. The van der Waals surface area contributed by atoms with E-state index in [0.29, 0.717) is 22.7 Å². The number of rotatable bonds is 4. The summed E-state index contributed by atoms with van der Waals surface area (Å²) in [6, 6.07) is 5.22. The number of aromatic nitrogens is 2. The molecule has 0 spiro atoms. The normalized spacial score (nSPS) is 11.7. The van der Waals surface area contributed by atoms with Crippen molar-refractivity contribution in [2.75, 3.05) is 14.2 Å². The highest BCUT2D eigenvalue weighted by molar-refractivity contribution is 14.2. The molecule has 0 aliphatic heterocycles. The molecule has 0 fully saturated rings. The van der Waals surface area contributed by atoms with Gasteiger partial charge in [-0.05, 0) is 6.07 Å². The second kappa shape index (κ2) is 6.87. The second-order valence-corrected chi connectivity index (χ2v) is 7.67. The number of halogens is 4. The van der Waals surface area contributed by atoms with E-state index in [1.54, 1.807) is 25.3 Å². The molecule has 0 radical (unpaired) electrons. The van der Waals surface area contributed by atoms with Gasteiger partial charge in [0.25, 0.3) is 0 Å². The highest BCUT2D eigenvalue weighted by Gasteiger charge is 2.34. The molecule has 0 N–H and O–H groups in total. The van der Waals surface area contributed by atoms with Crippen LogP contribution in [0.25, 0.3) is 21.6 Å². The number of ether oxygens (including phenoxy) is 2. The van der Waals surface area contributed by atoms with Gasteiger partial charge in [0.15, 0.2) is 5.69 Å². The van der Waals surface area contributed by atoms with Crippen LogP contribution in [0.4, 0.5) is 13.2 Å². The molecule has 0 bridgehead atoms. The Morgan fingerprint density at radius 1 is 1.12 bits per heavy atom. The maximum atomic E-state index is 12.8. The molecule has 2 aromatic heterocycles. The van der Waals surface area contributed by atoms with Crippen molar-refractivity contribution in [1.29, 1.82) is 0 Å². The topological polar surface area (TPSA) is 44.2 Å². The van der Waals surface area contributed by atoms with Crippen LogP contribution in [0, 0.1) is 3.57 Å². The van der Waals surface area contributed by atoms with Crippen LogP contribution >= 0.6 is 32.1 Å². The van der Waals surface area contributed by atoms with Crippen molar-refractivity contribution in [3.05, 3.63) is 32.8 Å². The van der Waals surface area contributed by atoms with Crippen LogP contribution in [-0.4, -0.2) is 28.7 Å². The summed E-state index contributed by atoms with van der Waals surface area (Å²) in [6.45, 7) is 0. The van der Waals surface area contributed by atoms with Gasteiger partial charge < -0.3 is 9.47 Å². The molecule has 2 heterocycles. The van der Waals surface area contributed by atoms with Crippen molar-refractivity contribution in [2.24, 2.45) is 0 Å². The number of benzene rings is 1. The van der Waals surface area contributed by atoms with Crippen molar-refractivity contribution in [2.45, 2.75) is 6.18 Å². The van der Waals surface area contributed by atoms with E-state index in [1.807, 2.05) is 0 Å². The Kier molecular flexibility index (Phi) is 4.96. The average Bonchev–Trinajstić information content (AvgIpc) is 3.10. The first-order valence-electron chi connectivity index (χ1n) is 6.85. The third-order valence-corrected chi connectivity index (χ3v) is 5.95. The molecule has 0 aliphatic rings. The van der Waals surface area contributed by atoms with E-state index in [2.05, 4.69) is 14.5 Å². The number of alkyl halides is 3. The van der Waals surface area contributed by atoms with Crippen molar-refractivity contribution in [1.82, 2.24) is 9.97 Å².